The van der Waals surface area contributed by atoms with Gasteiger partial charge in [-0.2, -0.15) is 11.3 Å². The van der Waals surface area contributed by atoms with Gasteiger partial charge in [-0.3, -0.25) is 10.2 Å². The molecule has 1 amide bonds. The number of aliphatic hydroxyl groups is 1. The first-order chi connectivity index (χ1) is 18.0. The molecule has 8 heteroatoms. The smallest absolute Gasteiger partial charge is 0.251 e. The lowest BCUT2D eigenvalue weighted by atomic mass is 9.98. The number of benzene rings is 2. The van der Waals surface area contributed by atoms with Crippen molar-refractivity contribution in [2.75, 3.05) is 32.0 Å². The number of β-amino-alcohol motifs (C(OH)–C–C–N with tert-alkyl or cyclic N) is 1. The molecule has 1 aromatic heterocycles. The summed E-state index contributed by atoms with van der Waals surface area (Å²) in [5.41, 5.74) is 9.88. The van der Waals surface area contributed by atoms with Crippen LogP contribution >= 0.6 is 11.3 Å². The maximum atomic E-state index is 13.1. The number of anilines is 1. The summed E-state index contributed by atoms with van der Waals surface area (Å²) in [6.45, 7) is 2.75. The molecule has 2 fully saturated rings. The van der Waals surface area contributed by atoms with Gasteiger partial charge in [0.15, 0.2) is 0 Å². The minimum atomic E-state index is -0.147. The van der Waals surface area contributed by atoms with Gasteiger partial charge in [-0.15, -0.1) is 0 Å². The summed E-state index contributed by atoms with van der Waals surface area (Å²) in [5.74, 6) is 1.11. The molecule has 5 rings (SSSR count). The van der Waals surface area contributed by atoms with Crippen LogP contribution in [0.15, 0.2) is 59.3 Å². The van der Waals surface area contributed by atoms with Gasteiger partial charge in [0.05, 0.1) is 18.4 Å². The van der Waals surface area contributed by atoms with E-state index in [1.54, 1.807) is 29.5 Å². The van der Waals surface area contributed by atoms with E-state index >= 15 is 0 Å². The van der Waals surface area contributed by atoms with Crippen molar-refractivity contribution in [3.63, 3.8) is 0 Å². The van der Waals surface area contributed by atoms with E-state index in [4.69, 9.17) is 21.0 Å². The van der Waals surface area contributed by atoms with Gasteiger partial charge in [-0.05, 0) is 96.5 Å². The zero-order valence-electron chi connectivity index (χ0n) is 20.9. The monoisotopic (exact) mass is 518 g/mol. The number of amides is 1. The van der Waals surface area contributed by atoms with Crippen molar-refractivity contribution < 1.29 is 14.6 Å². The van der Waals surface area contributed by atoms with Gasteiger partial charge in [0.2, 0.25) is 0 Å². The van der Waals surface area contributed by atoms with Crippen LogP contribution < -0.4 is 15.8 Å². The number of nitrogens with one attached hydrogen (secondary N) is 2. The fraction of sp³-hybridized carbons (Fsp3) is 0.379. The number of carbonyl (C=O) groups excluding carboxylic acids is 1. The van der Waals surface area contributed by atoms with Crippen LogP contribution in [0.4, 0.5) is 5.69 Å². The number of thiophene rings is 1. The number of nitrogens with two attached hydrogens (primary N) is 1. The average molecular weight is 519 g/mol. The highest BCUT2D eigenvalue weighted by atomic mass is 32.1. The van der Waals surface area contributed by atoms with E-state index in [0.29, 0.717) is 34.8 Å². The third-order valence-electron chi connectivity index (χ3n) is 7.26. The minimum absolute atomic E-state index is 0.0219. The molecule has 1 saturated heterocycles. The Morgan fingerprint density at radius 2 is 1.84 bits per heavy atom. The van der Waals surface area contributed by atoms with Crippen molar-refractivity contribution in [1.29, 1.82) is 5.41 Å². The molecule has 1 atom stereocenters. The number of ether oxygens (including phenoxy) is 1. The van der Waals surface area contributed by atoms with E-state index in [2.05, 4.69) is 21.7 Å². The van der Waals surface area contributed by atoms with Crippen molar-refractivity contribution in [2.45, 2.75) is 37.8 Å². The minimum Gasteiger partial charge on any atom is -0.490 e. The number of likely N-dealkylation sites (tertiary alicyclic amines) is 1. The van der Waals surface area contributed by atoms with Crippen LogP contribution in [0, 0.1) is 11.3 Å². The molecule has 1 aliphatic heterocycles. The second-order valence-electron chi connectivity index (χ2n) is 9.93. The summed E-state index contributed by atoms with van der Waals surface area (Å²) in [5, 5.41) is 25.2. The maximum absolute atomic E-state index is 13.1. The molecular weight excluding hydrogens is 484 g/mol. The Morgan fingerprint density at radius 3 is 2.49 bits per heavy atom. The average Bonchev–Trinajstić information content (AvgIpc) is 3.61. The van der Waals surface area contributed by atoms with Gasteiger partial charge < -0.3 is 25.8 Å². The van der Waals surface area contributed by atoms with Crippen LogP contribution in [-0.2, 0) is 0 Å². The van der Waals surface area contributed by atoms with Gasteiger partial charge in [-0.1, -0.05) is 0 Å². The van der Waals surface area contributed by atoms with Crippen LogP contribution in [-0.4, -0.2) is 54.0 Å². The number of carbonyl (C=O) groups is 1. The zero-order chi connectivity index (χ0) is 25.8. The van der Waals surface area contributed by atoms with Crippen LogP contribution in [0.2, 0.25) is 0 Å². The highest BCUT2D eigenvalue weighted by Crippen LogP contribution is 2.41. The lowest BCUT2D eigenvalue weighted by Crippen LogP contribution is -2.39. The molecule has 0 bridgehead atoms. The molecule has 3 aromatic rings. The van der Waals surface area contributed by atoms with Crippen LogP contribution in [0.3, 0.4) is 0 Å². The van der Waals surface area contributed by atoms with E-state index < -0.39 is 0 Å². The molecule has 2 heterocycles. The molecule has 1 saturated carbocycles. The van der Waals surface area contributed by atoms with Gasteiger partial charge in [0, 0.05) is 42.0 Å². The summed E-state index contributed by atoms with van der Waals surface area (Å²) in [4.78, 5) is 15.4. The lowest BCUT2D eigenvalue weighted by Gasteiger charge is -2.31. The molecule has 1 aliphatic carbocycles. The largest absolute Gasteiger partial charge is 0.490 e. The van der Waals surface area contributed by atoms with E-state index in [1.807, 2.05) is 29.6 Å². The number of piperidine rings is 1. The van der Waals surface area contributed by atoms with E-state index in [-0.39, 0.29) is 30.4 Å². The van der Waals surface area contributed by atoms with Crippen molar-refractivity contribution in [1.82, 2.24) is 10.2 Å². The van der Waals surface area contributed by atoms with E-state index in [0.717, 1.165) is 50.1 Å². The lowest BCUT2D eigenvalue weighted by molar-refractivity contribution is 0.0889. The number of rotatable bonds is 10. The third kappa shape index (κ3) is 6.21. The third-order valence-corrected chi connectivity index (χ3v) is 7.97. The number of hydrogen-bond donors (Lipinski definition) is 4. The molecule has 2 aliphatic rings. The molecule has 0 radical (unpaired) electrons. The number of aliphatic hydroxyl groups excluding tert-OH is 1. The van der Waals surface area contributed by atoms with Crippen LogP contribution in [0.5, 0.6) is 5.75 Å². The summed E-state index contributed by atoms with van der Waals surface area (Å²) < 4.78 is 6.15. The summed E-state index contributed by atoms with van der Waals surface area (Å²) >= 11 is 1.64. The number of nitrogen functional groups attached to an aromatic ring is 1. The Labute approximate surface area is 221 Å². The first-order valence-corrected chi connectivity index (χ1v) is 13.9. The van der Waals surface area contributed by atoms with Gasteiger partial charge in [0.1, 0.15) is 11.9 Å². The molecule has 37 heavy (non-hydrogen) atoms. The van der Waals surface area contributed by atoms with Crippen LogP contribution in [0.25, 0.3) is 0 Å². The normalized spacial score (nSPS) is 17.3. The highest BCUT2D eigenvalue weighted by molar-refractivity contribution is 7.08. The van der Waals surface area contributed by atoms with Gasteiger partial charge in [-0.25, -0.2) is 0 Å². The summed E-state index contributed by atoms with van der Waals surface area (Å²) in [6.07, 6.45) is 4.26. The Morgan fingerprint density at radius 1 is 1.11 bits per heavy atom. The van der Waals surface area contributed by atoms with Crippen molar-refractivity contribution >= 4 is 28.6 Å². The predicted molar refractivity (Wildman–Crippen MR) is 148 cm³/mol. The second kappa shape index (κ2) is 11.5. The van der Waals surface area contributed by atoms with Gasteiger partial charge in [0.25, 0.3) is 5.91 Å². The molecule has 5 N–H and O–H groups in total. The van der Waals surface area contributed by atoms with Crippen LogP contribution in [0.1, 0.15) is 58.8 Å². The van der Waals surface area contributed by atoms with E-state index in [1.165, 1.54) is 0 Å². The van der Waals surface area contributed by atoms with Crippen molar-refractivity contribution in [2.24, 2.45) is 5.92 Å². The molecule has 0 spiro atoms. The van der Waals surface area contributed by atoms with E-state index in [9.17, 15) is 4.79 Å². The quantitative estimate of drug-likeness (QED) is 0.234. The highest BCUT2D eigenvalue weighted by Gasteiger charge is 2.34. The standard InChI is InChI=1S/C29H34N4O3S/c30-26-8-5-21(29(35)32-28(20-1-2-20)22-11-16-37-18-22)17-25(26)27(31)19-3-6-23(7-4-19)36-24-9-12-33(13-10-24)14-15-34/h3-8,11,16-18,20,24,28,31,34H,1-2,9-10,12-15,30H2,(H,32,35). The molecule has 2 aromatic carbocycles. The molecule has 194 valence electrons. The Kier molecular flexibility index (Phi) is 7.88. The first-order valence-electron chi connectivity index (χ1n) is 12.9. The fourth-order valence-electron chi connectivity index (χ4n) is 4.93. The summed E-state index contributed by atoms with van der Waals surface area (Å²) in [6, 6.07) is 14.7. The Hall–Kier alpha value is -3.20. The zero-order valence-corrected chi connectivity index (χ0v) is 21.7. The fourth-order valence-corrected chi connectivity index (χ4v) is 5.63. The maximum Gasteiger partial charge on any atom is 0.251 e. The van der Waals surface area contributed by atoms with Crippen molar-refractivity contribution in [3.8, 4) is 5.75 Å². The molecule has 1 unspecified atom stereocenters. The number of hydrogen-bond acceptors (Lipinski definition) is 7. The topological polar surface area (TPSA) is 112 Å². The number of nitrogens with zero attached hydrogens (tertiary/aromatic N) is 1. The Balaban J connectivity index is 1.24. The summed E-state index contributed by atoms with van der Waals surface area (Å²) in [7, 11) is 0. The molecule has 7 nitrogen and oxygen atoms in total. The van der Waals surface area contributed by atoms with Gasteiger partial charge >= 0.3 is 0 Å². The second-order valence-corrected chi connectivity index (χ2v) is 10.7. The van der Waals surface area contributed by atoms with Crippen molar-refractivity contribution in [3.05, 3.63) is 81.5 Å². The predicted octanol–water partition coefficient (Wildman–Crippen LogP) is 4.46. The Bertz CT molecular complexity index is 1220. The first kappa shape index (κ1) is 25.4. The SMILES string of the molecule is N=C(c1ccc(OC2CCN(CCO)CC2)cc1)c1cc(C(=O)NC(c2ccsc2)C2CC2)ccc1N. The molecular formula is C29H34N4O3S.